The predicted molar refractivity (Wildman–Crippen MR) is 122 cm³/mol. The number of nitrogens with one attached hydrogen (secondary N) is 1. The molecular weight excluding hydrogens is 452 g/mol. The van der Waals surface area contributed by atoms with E-state index < -0.39 is 28.0 Å². The number of ether oxygens (including phenoxy) is 1. The summed E-state index contributed by atoms with van der Waals surface area (Å²) >= 11 is 6.15. The van der Waals surface area contributed by atoms with E-state index in [1.807, 2.05) is 37.3 Å². The van der Waals surface area contributed by atoms with E-state index in [1.165, 1.54) is 29.4 Å². The fraction of sp³-hybridized carbons (Fsp3) is 0.391. The summed E-state index contributed by atoms with van der Waals surface area (Å²) < 4.78 is 32.7. The maximum atomic E-state index is 13.0. The maximum absolute atomic E-state index is 13.0. The molecule has 1 saturated heterocycles. The quantitative estimate of drug-likeness (QED) is 0.608. The zero-order valence-electron chi connectivity index (χ0n) is 18.1. The van der Waals surface area contributed by atoms with Crippen LogP contribution in [0.4, 0.5) is 0 Å². The van der Waals surface area contributed by atoms with Crippen molar-refractivity contribution in [2.75, 3.05) is 13.1 Å². The molecule has 1 N–H and O–H groups in total. The van der Waals surface area contributed by atoms with Gasteiger partial charge in [0.25, 0.3) is 5.91 Å². The molecular formula is C23H27ClN2O5S. The SMILES string of the molecule is CC(OC(=O)c1ccc(Cl)c(S(=O)(=O)N2CCCCC2)c1)C(=O)NC(C)c1ccccc1. The van der Waals surface area contributed by atoms with Crippen molar-refractivity contribution in [1.29, 1.82) is 0 Å². The van der Waals surface area contributed by atoms with Crippen LogP contribution in [-0.2, 0) is 19.6 Å². The third-order valence-corrected chi connectivity index (χ3v) is 7.79. The van der Waals surface area contributed by atoms with E-state index in [1.54, 1.807) is 0 Å². The lowest BCUT2D eigenvalue weighted by Crippen LogP contribution is -2.37. The molecule has 7 nitrogen and oxygen atoms in total. The summed E-state index contributed by atoms with van der Waals surface area (Å²) in [5.41, 5.74) is 0.936. The summed E-state index contributed by atoms with van der Waals surface area (Å²) in [7, 11) is -3.83. The Kier molecular flexibility index (Phi) is 7.92. The molecule has 1 amide bonds. The van der Waals surface area contributed by atoms with Crippen LogP contribution < -0.4 is 5.32 Å². The van der Waals surface area contributed by atoms with Gasteiger partial charge in [-0.2, -0.15) is 4.31 Å². The molecule has 0 bridgehead atoms. The smallest absolute Gasteiger partial charge is 0.338 e. The van der Waals surface area contributed by atoms with Crippen molar-refractivity contribution in [2.45, 2.75) is 50.2 Å². The Hall–Kier alpha value is -2.42. The Morgan fingerprint density at radius 3 is 2.34 bits per heavy atom. The molecule has 0 radical (unpaired) electrons. The first-order chi connectivity index (χ1) is 15.2. The van der Waals surface area contributed by atoms with Gasteiger partial charge in [-0.05, 0) is 50.5 Å². The second-order valence-electron chi connectivity index (χ2n) is 7.80. The molecule has 172 valence electrons. The minimum absolute atomic E-state index is 0.0146. The molecule has 3 rings (SSSR count). The number of carbonyl (C=O) groups is 2. The number of esters is 1. The van der Waals surface area contributed by atoms with Crippen LogP contribution in [0, 0.1) is 0 Å². The molecule has 32 heavy (non-hydrogen) atoms. The van der Waals surface area contributed by atoms with E-state index in [2.05, 4.69) is 5.32 Å². The van der Waals surface area contributed by atoms with Crippen molar-refractivity contribution >= 4 is 33.5 Å². The lowest BCUT2D eigenvalue weighted by molar-refractivity contribution is -0.129. The predicted octanol–water partition coefficient (Wildman–Crippen LogP) is 3.94. The molecule has 0 saturated carbocycles. The van der Waals surface area contributed by atoms with Gasteiger partial charge in [-0.15, -0.1) is 0 Å². The highest BCUT2D eigenvalue weighted by Gasteiger charge is 2.29. The van der Waals surface area contributed by atoms with Crippen LogP contribution in [0.1, 0.15) is 55.1 Å². The monoisotopic (exact) mass is 478 g/mol. The summed E-state index contributed by atoms with van der Waals surface area (Å²) in [5.74, 6) is -1.25. The van der Waals surface area contributed by atoms with E-state index in [-0.39, 0.29) is 21.5 Å². The average molecular weight is 479 g/mol. The molecule has 2 aromatic carbocycles. The van der Waals surface area contributed by atoms with E-state index in [0.29, 0.717) is 13.1 Å². The third-order valence-electron chi connectivity index (χ3n) is 5.41. The highest BCUT2D eigenvalue weighted by Crippen LogP contribution is 2.28. The molecule has 1 aliphatic rings. The maximum Gasteiger partial charge on any atom is 0.338 e. The first-order valence-corrected chi connectivity index (χ1v) is 12.4. The van der Waals surface area contributed by atoms with Crippen molar-refractivity contribution in [2.24, 2.45) is 0 Å². The van der Waals surface area contributed by atoms with Gasteiger partial charge in [-0.1, -0.05) is 48.4 Å². The number of halogens is 1. The Morgan fingerprint density at radius 2 is 1.69 bits per heavy atom. The largest absolute Gasteiger partial charge is 0.449 e. The van der Waals surface area contributed by atoms with Crippen molar-refractivity contribution in [1.82, 2.24) is 9.62 Å². The molecule has 2 unspecified atom stereocenters. The van der Waals surface area contributed by atoms with Crippen LogP contribution in [-0.4, -0.2) is 43.8 Å². The second kappa shape index (κ2) is 10.5. The van der Waals surface area contributed by atoms with Gasteiger partial charge < -0.3 is 10.1 Å². The lowest BCUT2D eigenvalue weighted by Gasteiger charge is -2.26. The Morgan fingerprint density at radius 1 is 1.03 bits per heavy atom. The summed E-state index contributed by atoms with van der Waals surface area (Å²) in [6, 6.07) is 13.1. The van der Waals surface area contributed by atoms with E-state index in [9.17, 15) is 18.0 Å². The van der Waals surface area contributed by atoms with Crippen LogP contribution in [0.5, 0.6) is 0 Å². The Labute approximate surface area is 193 Å². The highest BCUT2D eigenvalue weighted by atomic mass is 35.5. The normalized spacial score (nSPS) is 16.7. The third kappa shape index (κ3) is 5.68. The second-order valence-corrected chi connectivity index (χ2v) is 10.1. The van der Waals surface area contributed by atoms with Crippen LogP contribution in [0.15, 0.2) is 53.4 Å². The zero-order chi connectivity index (χ0) is 23.3. The van der Waals surface area contributed by atoms with Gasteiger partial charge in [0.05, 0.1) is 16.6 Å². The molecule has 2 aromatic rings. The van der Waals surface area contributed by atoms with Crippen molar-refractivity contribution < 1.29 is 22.7 Å². The standard InChI is InChI=1S/C23H27ClN2O5S/c1-16(18-9-5-3-6-10-18)25-22(27)17(2)31-23(28)19-11-12-20(24)21(15-19)32(29,30)26-13-7-4-8-14-26/h3,5-6,9-12,15-17H,4,7-8,13-14H2,1-2H3,(H,25,27). The summed E-state index contributed by atoms with van der Waals surface area (Å²) in [6.07, 6.45) is 1.49. The summed E-state index contributed by atoms with van der Waals surface area (Å²) in [6.45, 7) is 4.14. The number of hydrogen-bond acceptors (Lipinski definition) is 5. The van der Waals surface area contributed by atoms with Gasteiger partial charge in [0, 0.05) is 13.1 Å². The minimum atomic E-state index is -3.83. The van der Waals surface area contributed by atoms with Gasteiger partial charge in [0.2, 0.25) is 10.0 Å². The van der Waals surface area contributed by atoms with E-state index in [4.69, 9.17) is 16.3 Å². The van der Waals surface area contributed by atoms with Gasteiger partial charge in [-0.3, -0.25) is 4.79 Å². The number of piperidine rings is 1. The molecule has 9 heteroatoms. The van der Waals surface area contributed by atoms with Crippen LogP contribution in [0.2, 0.25) is 5.02 Å². The van der Waals surface area contributed by atoms with Gasteiger partial charge in [0.15, 0.2) is 6.10 Å². The Balaban J connectivity index is 1.69. The summed E-state index contributed by atoms with van der Waals surface area (Å²) in [5, 5.41) is 2.84. The van der Waals surface area contributed by atoms with E-state index >= 15 is 0 Å². The van der Waals surface area contributed by atoms with Gasteiger partial charge >= 0.3 is 5.97 Å². The highest BCUT2D eigenvalue weighted by molar-refractivity contribution is 7.89. The lowest BCUT2D eigenvalue weighted by atomic mass is 10.1. The number of rotatable bonds is 7. The first kappa shape index (κ1) is 24.2. The van der Waals surface area contributed by atoms with Crippen molar-refractivity contribution in [3.05, 3.63) is 64.7 Å². The molecule has 2 atom stereocenters. The van der Waals surface area contributed by atoms with E-state index in [0.717, 1.165) is 24.8 Å². The number of sulfonamides is 1. The number of nitrogens with zero attached hydrogens (tertiary/aromatic N) is 1. The number of amides is 1. The number of benzene rings is 2. The average Bonchev–Trinajstić information content (AvgIpc) is 2.80. The van der Waals surface area contributed by atoms with Gasteiger partial charge in [-0.25, -0.2) is 13.2 Å². The first-order valence-electron chi connectivity index (χ1n) is 10.6. The van der Waals surface area contributed by atoms with Crippen LogP contribution >= 0.6 is 11.6 Å². The van der Waals surface area contributed by atoms with Crippen LogP contribution in [0.25, 0.3) is 0 Å². The fourth-order valence-corrected chi connectivity index (χ4v) is 5.53. The Bertz CT molecular complexity index is 1070. The molecule has 1 aliphatic heterocycles. The fourth-order valence-electron chi connectivity index (χ4n) is 3.51. The molecule has 0 aliphatic carbocycles. The topological polar surface area (TPSA) is 92.8 Å². The zero-order valence-corrected chi connectivity index (χ0v) is 19.7. The number of hydrogen-bond donors (Lipinski definition) is 1. The molecule has 1 heterocycles. The van der Waals surface area contributed by atoms with Crippen molar-refractivity contribution in [3.8, 4) is 0 Å². The number of carbonyl (C=O) groups excluding carboxylic acids is 2. The molecule has 1 fully saturated rings. The summed E-state index contributed by atoms with van der Waals surface area (Å²) in [4.78, 5) is 25.0. The van der Waals surface area contributed by atoms with Crippen molar-refractivity contribution in [3.63, 3.8) is 0 Å². The molecule has 0 spiro atoms. The van der Waals surface area contributed by atoms with Gasteiger partial charge in [0.1, 0.15) is 4.90 Å². The minimum Gasteiger partial charge on any atom is -0.449 e. The molecule has 0 aromatic heterocycles. The van der Waals surface area contributed by atoms with Crippen LogP contribution in [0.3, 0.4) is 0 Å².